The van der Waals surface area contributed by atoms with Gasteiger partial charge in [-0.1, -0.05) is 12.1 Å². The van der Waals surface area contributed by atoms with Gasteiger partial charge in [-0.3, -0.25) is 9.59 Å². The zero-order valence-electron chi connectivity index (χ0n) is 11.9. The lowest BCUT2D eigenvalue weighted by Crippen LogP contribution is -2.65. The Morgan fingerprint density at radius 1 is 1.30 bits per heavy atom. The Bertz CT molecular complexity index is 525. The van der Waals surface area contributed by atoms with E-state index < -0.39 is 5.54 Å². The summed E-state index contributed by atoms with van der Waals surface area (Å²) >= 11 is 0. The molecule has 0 saturated carbocycles. The van der Waals surface area contributed by atoms with E-state index in [1.54, 1.807) is 30.9 Å². The molecule has 1 saturated heterocycles. The molecule has 0 spiro atoms. The molecule has 4 nitrogen and oxygen atoms in total. The molecule has 20 heavy (non-hydrogen) atoms. The molecule has 1 unspecified atom stereocenters. The van der Waals surface area contributed by atoms with Crippen LogP contribution < -0.4 is 5.32 Å². The van der Waals surface area contributed by atoms with Crippen molar-refractivity contribution in [2.75, 3.05) is 6.54 Å². The summed E-state index contributed by atoms with van der Waals surface area (Å²) < 4.78 is 12.9. The summed E-state index contributed by atoms with van der Waals surface area (Å²) in [5, 5.41) is 2.68. The maximum Gasteiger partial charge on any atom is 0.248 e. The lowest BCUT2D eigenvalue weighted by Gasteiger charge is -2.40. The van der Waals surface area contributed by atoms with Gasteiger partial charge in [0.15, 0.2) is 0 Å². The lowest BCUT2D eigenvalue weighted by molar-refractivity contribution is -0.150. The summed E-state index contributed by atoms with van der Waals surface area (Å²) in [6.45, 7) is 5.37. The van der Waals surface area contributed by atoms with Gasteiger partial charge in [0.05, 0.1) is 6.54 Å². The molecule has 2 rings (SSSR count). The summed E-state index contributed by atoms with van der Waals surface area (Å²) in [6.07, 6.45) is 0.593. The Hall–Kier alpha value is -1.91. The van der Waals surface area contributed by atoms with E-state index in [-0.39, 0.29) is 30.2 Å². The molecule has 1 N–H and O–H groups in total. The Morgan fingerprint density at radius 3 is 2.50 bits per heavy atom. The predicted molar refractivity (Wildman–Crippen MR) is 73.5 cm³/mol. The van der Waals surface area contributed by atoms with Crippen molar-refractivity contribution < 1.29 is 14.0 Å². The minimum Gasteiger partial charge on any atom is -0.341 e. The maximum atomic E-state index is 12.9. The third-order valence-corrected chi connectivity index (χ3v) is 3.54. The Labute approximate surface area is 118 Å². The monoisotopic (exact) mass is 278 g/mol. The third-order valence-electron chi connectivity index (χ3n) is 3.54. The van der Waals surface area contributed by atoms with Crippen molar-refractivity contribution in [2.24, 2.45) is 0 Å². The molecule has 5 heteroatoms. The fourth-order valence-corrected chi connectivity index (χ4v) is 2.45. The van der Waals surface area contributed by atoms with E-state index in [0.717, 1.165) is 5.56 Å². The summed E-state index contributed by atoms with van der Waals surface area (Å²) in [7, 11) is 0. The number of hydrogen-bond acceptors (Lipinski definition) is 2. The summed E-state index contributed by atoms with van der Waals surface area (Å²) in [6, 6.07) is 6.09. The molecule has 1 aliphatic rings. The summed E-state index contributed by atoms with van der Waals surface area (Å²) in [5.74, 6) is -0.525. The van der Waals surface area contributed by atoms with Crippen molar-refractivity contribution in [3.63, 3.8) is 0 Å². The first-order chi connectivity index (χ1) is 9.29. The molecular weight excluding hydrogens is 259 g/mol. The van der Waals surface area contributed by atoms with Gasteiger partial charge in [-0.15, -0.1) is 0 Å². The second kappa shape index (κ2) is 5.23. The highest BCUT2D eigenvalue weighted by Gasteiger charge is 2.40. The van der Waals surface area contributed by atoms with Gasteiger partial charge in [0.25, 0.3) is 0 Å². The van der Waals surface area contributed by atoms with Crippen LogP contribution in [0.4, 0.5) is 4.39 Å². The van der Waals surface area contributed by atoms with Crippen LogP contribution >= 0.6 is 0 Å². The standard InChI is InChI=1S/C15H19FN2O2/c1-10(8-11-4-6-12(16)7-5-11)18-9-13(19)17-15(2,3)14(18)20/h4-7,10H,8-9H2,1-3H3,(H,17,19). The van der Waals surface area contributed by atoms with Crippen molar-refractivity contribution in [3.05, 3.63) is 35.6 Å². The fourth-order valence-electron chi connectivity index (χ4n) is 2.45. The van der Waals surface area contributed by atoms with E-state index in [1.807, 2.05) is 6.92 Å². The number of halogens is 1. The van der Waals surface area contributed by atoms with Crippen LogP contribution in [0.25, 0.3) is 0 Å². The zero-order chi connectivity index (χ0) is 14.9. The van der Waals surface area contributed by atoms with Gasteiger partial charge < -0.3 is 10.2 Å². The maximum absolute atomic E-state index is 12.9. The Balaban J connectivity index is 2.11. The highest BCUT2D eigenvalue weighted by molar-refractivity contribution is 5.97. The quantitative estimate of drug-likeness (QED) is 0.910. The van der Waals surface area contributed by atoms with Crippen molar-refractivity contribution in [2.45, 2.75) is 38.8 Å². The largest absolute Gasteiger partial charge is 0.341 e. The number of piperazine rings is 1. The van der Waals surface area contributed by atoms with Gasteiger partial charge in [0.2, 0.25) is 11.8 Å². The molecule has 0 bridgehead atoms. The number of nitrogens with one attached hydrogen (secondary N) is 1. The second-order valence-corrected chi connectivity index (χ2v) is 5.79. The fraction of sp³-hybridized carbons (Fsp3) is 0.467. The number of carbonyl (C=O) groups excluding carboxylic acids is 2. The van der Waals surface area contributed by atoms with Crippen molar-refractivity contribution >= 4 is 11.8 Å². The number of carbonyl (C=O) groups is 2. The Kier molecular flexibility index (Phi) is 3.79. The topological polar surface area (TPSA) is 49.4 Å². The number of benzene rings is 1. The van der Waals surface area contributed by atoms with Gasteiger partial charge in [-0.25, -0.2) is 4.39 Å². The first-order valence-electron chi connectivity index (χ1n) is 6.66. The number of hydrogen-bond donors (Lipinski definition) is 1. The van der Waals surface area contributed by atoms with Crippen LogP contribution in [0, 0.1) is 5.82 Å². The summed E-state index contributed by atoms with van der Waals surface area (Å²) in [5.41, 5.74) is 0.0716. The van der Waals surface area contributed by atoms with Gasteiger partial charge in [0.1, 0.15) is 11.4 Å². The van der Waals surface area contributed by atoms with Crippen LogP contribution in [0.5, 0.6) is 0 Å². The SMILES string of the molecule is CC(Cc1ccc(F)cc1)N1CC(=O)NC(C)(C)C1=O. The van der Waals surface area contributed by atoms with Gasteiger partial charge >= 0.3 is 0 Å². The second-order valence-electron chi connectivity index (χ2n) is 5.79. The lowest BCUT2D eigenvalue weighted by atomic mass is 9.97. The van der Waals surface area contributed by atoms with Gasteiger partial charge in [0, 0.05) is 6.04 Å². The molecule has 1 aromatic carbocycles. The van der Waals surface area contributed by atoms with Crippen LogP contribution in [-0.2, 0) is 16.0 Å². The molecular formula is C15H19FN2O2. The van der Waals surface area contributed by atoms with Crippen LogP contribution in [0.2, 0.25) is 0 Å². The van der Waals surface area contributed by atoms with Crippen molar-refractivity contribution in [3.8, 4) is 0 Å². The first-order valence-corrected chi connectivity index (χ1v) is 6.66. The van der Waals surface area contributed by atoms with Crippen LogP contribution in [0.3, 0.4) is 0 Å². The molecule has 0 aliphatic carbocycles. The van der Waals surface area contributed by atoms with Gasteiger partial charge in [-0.2, -0.15) is 0 Å². The molecule has 2 amide bonds. The smallest absolute Gasteiger partial charge is 0.248 e. The van der Waals surface area contributed by atoms with E-state index in [1.165, 1.54) is 12.1 Å². The Morgan fingerprint density at radius 2 is 1.90 bits per heavy atom. The minimum absolute atomic E-state index is 0.0740. The molecule has 0 aromatic heterocycles. The van der Waals surface area contributed by atoms with Gasteiger partial charge in [-0.05, 0) is 44.9 Å². The van der Waals surface area contributed by atoms with Crippen LogP contribution in [-0.4, -0.2) is 34.8 Å². The molecule has 108 valence electrons. The van der Waals surface area contributed by atoms with E-state index in [4.69, 9.17) is 0 Å². The van der Waals surface area contributed by atoms with Crippen molar-refractivity contribution in [1.82, 2.24) is 10.2 Å². The third kappa shape index (κ3) is 2.98. The molecule has 1 aromatic rings. The minimum atomic E-state index is -0.869. The van der Waals surface area contributed by atoms with Crippen LogP contribution in [0.15, 0.2) is 24.3 Å². The number of rotatable bonds is 3. The average molecular weight is 278 g/mol. The zero-order valence-corrected chi connectivity index (χ0v) is 11.9. The van der Waals surface area contributed by atoms with Crippen LogP contribution in [0.1, 0.15) is 26.3 Å². The predicted octanol–water partition coefficient (Wildman–Crippen LogP) is 1.49. The molecule has 1 fully saturated rings. The highest BCUT2D eigenvalue weighted by atomic mass is 19.1. The van der Waals surface area contributed by atoms with E-state index in [9.17, 15) is 14.0 Å². The van der Waals surface area contributed by atoms with E-state index in [0.29, 0.717) is 6.42 Å². The first kappa shape index (κ1) is 14.5. The molecule has 0 radical (unpaired) electrons. The van der Waals surface area contributed by atoms with E-state index >= 15 is 0 Å². The average Bonchev–Trinajstić information content (AvgIpc) is 2.36. The molecule has 1 atom stereocenters. The normalized spacial score (nSPS) is 19.7. The number of nitrogens with zero attached hydrogens (tertiary/aromatic N) is 1. The summed E-state index contributed by atoms with van der Waals surface area (Å²) in [4.78, 5) is 25.6. The molecule has 1 aliphatic heterocycles. The number of amides is 2. The van der Waals surface area contributed by atoms with Crippen molar-refractivity contribution in [1.29, 1.82) is 0 Å². The highest BCUT2D eigenvalue weighted by Crippen LogP contribution is 2.18. The molecule has 1 heterocycles. The van der Waals surface area contributed by atoms with E-state index in [2.05, 4.69) is 5.32 Å².